The fourth-order valence-corrected chi connectivity index (χ4v) is 2.14. The van der Waals surface area contributed by atoms with E-state index >= 15 is 0 Å². The second-order valence-electron chi connectivity index (χ2n) is 5.31. The van der Waals surface area contributed by atoms with E-state index < -0.39 is 0 Å². The molecule has 0 aromatic heterocycles. The van der Waals surface area contributed by atoms with E-state index in [2.05, 4.69) is 9.47 Å². The molecule has 6 nitrogen and oxygen atoms in total. The van der Waals surface area contributed by atoms with E-state index in [1.165, 1.54) is 0 Å². The lowest BCUT2D eigenvalue weighted by Crippen LogP contribution is -2.35. The van der Waals surface area contributed by atoms with E-state index in [9.17, 15) is 19.2 Å². The Hall–Kier alpha value is -1.72. The Bertz CT molecular complexity index is 387. The number of hydrogen-bond acceptors (Lipinski definition) is 6. The van der Waals surface area contributed by atoms with E-state index in [-0.39, 0.29) is 48.2 Å². The molecule has 2 unspecified atom stereocenters. The predicted octanol–water partition coefficient (Wildman–Crippen LogP) is 0.811. The van der Waals surface area contributed by atoms with Gasteiger partial charge in [0.05, 0.1) is 11.8 Å². The third-order valence-corrected chi connectivity index (χ3v) is 3.75. The molecule has 0 aromatic carbocycles. The Morgan fingerprint density at radius 1 is 0.800 bits per heavy atom. The summed E-state index contributed by atoms with van der Waals surface area (Å²) in [4.78, 5) is 44.9. The molecule has 0 amide bonds. The minimum absolute atomic E-state index is 0.00102. The van der Waals surface area contributed by atoms with Crippen molar-refractivity contribution in [3.8, 4) is 0 Å². The van der Waals surface area contributed by atoms with Gasteiger partial charge < -0.3 is 9.47 Å². The maximum atomic E-state index is 11.6. The minimum Gasteiger partial charge on any atom is -0.464 e. The zero-order valence-electron chi connectivity index (χ0n) is 11.3. The molecule has 2 rings (SSSR count). The fraction of sp³-hybridized carbons (Fsp3) is 0.714. The lowest BCUT2D eigenvalue weighted by molar-refractivity contribution is -0.170. The third-order valence-electron chi connectivity index (χ3n) is 3.75. The van der Waals surface area contributed by atoms with Crippen LogP contribution < -0.4 is 0 Å². The smallest absolute Gasteiger partial charge is 0.312 e. The van der Waals surface area contributed by atoms with Gasteiger partial charge in [0, 0.05) is 25.7 Å². The molecule has 20 heavy (non-hydrogen) atoms. The van der Waals surface area contributed by atoms with Gasteiger partial charge in [-0.05, 0) is 12.8 Å². The molecule has 6 heteroatoms. The first-order chi connectivity index (χ1) is 9.56. The highest BCUT2D eigenvalue weighted by molar-refractivity contribution is 5.87. The topological polar surface area (TPSA) is 86.7 Å². The first-order valence-electron chi connectivity index (χ1n) is 6.93. The van der Waals surface area contributed by atoms with E-state index in [4.69, 9.17) is 0 Å². The van der Waals surface area contributed by atoms with Gasteiger partial charge in [-0.15, -0.1) is 0 Å². The maximum absolute atomic E-state index is 11.6. The van der Waals surface area contributed by atoms with Gasteiger partial charge in [-0.3, -0.25) is 19.2 Å². The Balaban J connectivity index is 1.52. The molecule has 2 atom stereocenters. The lowest BCUT2D eigenvalue weighted by Gasteiger charge is -2.24. The standard InChI is InChI=1S/C14H18O6/c15-11(3-1-9-7-19-13(9)17)5-6-12(16)4-2-10-8-20-14(10)18/h9-10H,1-8H2. The van der Waals surface area contributed by atoms with Crippen LogP contribution in [0.2, 0.25) is 0 Å². The summed E-state index contributed by atoms with van der Waals surface area (Å²) < 4.78 is 9.22. The third kappa shape index (κ3) is 3.88. The molecular weight excluding hydrogens is 264 g/mol. The molecule has 0 spiro atoms. The van der Waals surface area contributed by atoms with Crippen LogP contribution in [0.4, 0.5) is 0 Å². The maximum Gasteiger partial charge on any atom is 0.312 e. The van der Waals surface area contributed by atoms with Gasteiger partial charge in [-0.25, -0.2) is 0 Å². The number of hydrogen-bond donors (Lipinski definition) is 0. The van der Waals surface area contributed by atoms with Gasteiger partial charge >= 0.3 is 11.9 Å². The van der Waals surface area contributed by atoms with Crippen molar-refractivity contribution in [3.63, 3.8) is 0 Å². The summed E-state index contributed by atoms with van der Waals surface area (Å²) in [5, 5.41) is 0. The fourth-order valence-electron chi connectivity index (χ4n) is 2.14. The normalized spacial score (nSPS) is 24.2. The van der Waals surface area contributed by atoms with E-state index in [1.54, 1.807) is 0 Å². The number of ether oxygens (including phenoxy) is 2. The SMILES string of the molecule is O=C(CCC(=O)CCC1COC1=O)CCC1COC1=O. The molecule has 0 aliphatic carbocycles. The van der Waals surface area contributed by atoms with Gasteiger partial charge in [0.25, 0.3) is 0 Å². The number of esters is 2. The Morgan fingerprint density at radius 2 is 1.20 bits per heavy atom. The van der Waals surface area contributed by atoms with Crippen molar-refractivity contribution in [1.82, 2.24) is 0 Å². The zero-order chi connectivity index (χ0) is 14.5. The van der Waals surface area contributed by atoms with Crippen LogP contribution in [0.25, 0.3) is 0 Å². The van der Waals surface area contributed by atoms with Crippen LogP contribution in [0.15, 0.2) is 0 Å². The number of ketones is 2. The van der Waals surface area contributed by atoms with Crippen molar-refractivity contribution >= 4 is 23.5 Å². The summed E-state index contributed by atoms with van der Waals surface area (Å²) in [7, 11) is 0. The molecule has 0 bridgehead atoms. The van der Waals surface area contributed by atoms with Crippen molar-refractivity contribution in [3.05, 3.63) is 0 Å². The van der Waals surface area contributed by atoms with Crippen molar-refractivity contribution in [2.75, 3.05) is 13.2 Å². The van der Waals surface area contributed by atoms with E-state index in [0.29, 0.717) is 38.9 Å². The first kappa shape index (κ1) is 14.7. The molecular formula is C14H18O6. The molecule has 110 valence electrons. The Morgan fingerprint density at radius 3 is 1.45 bits per heavy atom. The molecule has 0 saturated carbocycles. The monoisotopic (exact) mass is 282 g/mol. The molecule has 0 aromatic rings. The number of carbonyl (C=O) groups excluding carboxylic acids is 4. The van der Waals surface area contributed by atoms with Crippen molar-refractivity contribution < 1.29 is 28.7 Å². The molecule has 2 heterocycles. The Kier molecular flexibility index (Phi) is 4.87. The number of carbonyl (C=O) groups is 4. The minimum atomic E-state index is -0.235. The molecule has 2 aliphatic rings. The van der Waals surface area contributed by atoms with Gasteiger partial charge in [-0.2, -0.15) is 0 Å². The molecule has 2 aliphatic heterocycles. The van der Waals surface area contributed by atoms with Crippen LogP contribution >= 0.6 is 0 Å². The van der Waals surface area contributed by atoms with Crippen LogP contribution in [0.1, 0.15) is 38.5 Å². The quantitative estimate of drug-likeness (QED) is 0.582. The highest BCUT2D eigenvalue weighted by Crippen LogP contribution is 2.20. The molecule has 0 radical (unpaired) electrons. The summed E-state index contributed by atoms with van der Waals surface area (Å²) in [6, 6.07) is 0. The van der Waals surface area contributed by atoms with Crippen molar-refractivity contribution in [2.45, 2.75) is 38.5 Å². The van der Waals surface area contributed by atoms with Gasteiger partial charge in [0.2, 0.25) is 0 Å². The average Bonchev–Trinajstić information content (AvgIpc) is 2.42. The van der Waals surface area contributed by atoms with E-state index in [0.717, 1.165) is 0 Å². The molecule has 2 fully saturated rings. The van der Waals surface area contributed by atoms with Crippen LogP contribution in [0, 0.1) is 11.8 Å². The summed E-state index contributed by atoms with van der Waals surface area (Å²) in [6.45, 7) is 0.811. The number of cyclic esters (lactones) is 2. The van der Waals surface area contributed by atoms with E-state index in [1.807, 2.05) is 0 Å². The van der Waals surface area contributed by atoms with Gasteiger partial charge in [-0.1, -0.05) is 0 Å². The summed E-state index contributed by atoms with van der Waals surface area (Å²) in [5.41, 5.74) is 0. The average molecular weight is 282 g/mol. The summed E-state index contributed by atoms with van der Waals surface area (Å²) in [5.74, 6) is -0.747. The van der Waals surface area contributed by atoms with Crippen LogP contribution in [-0.4, -0.2) is 36.7 Å². The second-order valence-corrected chi connectivity index (χ2v) is 5.31. The molecule has 0 N–H and O–H groups in total. The number of rotatable bonds is 9. The van der Waals surface area contributed by atoms with Gasteiger partial charge in [0.1, 0.15) is 24.8 Å². The lowest BCUT2D eigenvalue weighted by atomic mass is 9.95. The second kappa shape index (κ2) is 6.63. The first-order valence-corrected chi connectivity index (χ1v) is 6.93. The largest absolute Gasteiger partial charge is 0.464 e. The van der Waals surface area contributed by atoms with Crippen LogP contribution in [-0.2, 0) is 28.7 Å². The number of Topliss-reactive ketones (excluding diaryl/α,β-unsaturated/α-hetero) is 2. The van der Waals surface area contributed by atoms with Crippen molar-refractivity contribution in [2.24, 2.45) is 11.8 Å². The van der Waals surface area contributed by atoms with Crippen LogP contribution in [0.5, 0.6) is 0 Å². The van der Waals surface area contributed by atoms with Gasteiger partial charge in [0.15, 0.2) is 0 Å². The van der Waals surface area contributed by atoms with Crippen molar-refractivity contribution in [1.29, 1.82) is 0 Å². The van der Waals surface area contributed by atoms with Crippen LogP contribution in [0.3, 0.4) is 0 Å². The summed E-state index contributed by atoms with van der Waals surface area (Å²) >= 11 is 0. The Labute approximate surface area is 116 Å². The zero-order valence-corrected chi connectivity index (χ0v) is 11.3. The highest BCUT2D eigenvalue weighted by atomic mass is 16.6. The highest BCUT2D eigenvalue weighted by Gasteiger charge is 2.31. The predicted molar refractivity (Wildman–Crippen MR) is 66.6 cm³/mol. The summed E-state index contributed by atoms with van der Waals surface area (Å²) in [6.07, 6.45) is 2.11. The molecule has 2 saturated heterocycles.